The summed E-state index contributed by atoms with van der Waals surface area (Å²) < 4.78 is 32.5. The first-order chi connectivity index (χ1) is 24.2. The van der Waals surface area contributed by atoms with Crippen molar-refractivity contribution in [2.75, 3.05) is 26.4 Å². The van der Waals surface area contributed by atoms with Gasteiger partial charge in [-0.05, 0) is 64.2 Å². The fourth-order valence-electron chi connectivity index (χ4n) is 4.53. The molecule has 50 heavy (non-hydrogen) atoms. The molecule has 2 unspecified atom stereocenters. The van der Waals surface area contributed by atoms with Crippen molar-refractivity contribution in [3.8, 4) is 0 Å². The van der Waals surface area contributed by atoms with Crippen LogP contribution in [0.3, 0.4) is 0 Å². The van der Waals surface area contributed by atoms with Crippen LogP contribution in [0.25, 0.3) is 0 Å². The van der Waals surface area contributed by atoms with E-state index in [1.165, 1.54) is 38.5 Å². The Labute approximate surface area is 302 Å². The fourth-order valence-corrected chi connectivity index (χ4v) is 5.32. The number of aliphatic hydroxyl groups is 2. The molecule has 3 atom stereocenters. The van der Waals surface area contributed by atoms with E-state index in [0.717, 1.165) is 57.8 Å². The summed E-state index contributed by atoms with van der Waals surface area (Å²) in [5.74, 6) is -1.04. The van der Waals surface area contributed by atoms with E-state index in [1.807, 2.05) is 12.2 Å². The highest BCUT2D eigenvalue weighted by atomic mass is 31.2. The molecule has 0 aliphatic heterocycles. The van der Waals surface area contributed by atoms with E-state index >= 15 is 0 Å². The van der Waals surface area contributed by atoms with Crippen LogP contribution in [0.4, 0.5) is 0 Å². The van der Waals surface area contributed by atoms with Crippen LogP contribution in [0.15, 0.2) is 60.8 Å². The minimum Gasteiger partial charge on any atom is -0.462 e. The lowest BCUT2D eigenvalue weighted by Crippen LogP contribution is -2.29. The van der Waals surface area contributed by atoms with Crippen LogP contribution in [0.2, 0.25) is 0 Å². The minimum absolute atomic E-state index is 0.0704. The van der Waals surface area contributed by atoms with Gasteiger partial charge >= 0.3 is 19.8 Å². The number of aliphatic hydroxyl groups excluding tert-OH is 2. The van der Waals surface area contributed by atoms with Gasteiger partial charge < -0.3 is 24.6 Å². The second-order valence-electron chi connectivity index (χ2n) is 12.2. The van der Waals surface area contributed by atoms with Crippen molar-refractivity contribution in [2.45, 2.75) is 148 Å². The highest BCUT2D eigenvalue weighted by Gasteiger charge is 2.27. The smallest absolute Gasteiger partial charge is 0.462 e. The number of phosphoric ester groups is 1. The summed E-state index contributed by atoms with van der Waals surface area (Å²) in [6, 6.07) is 0. The molecule has 0 aliphatic rings. The van der Waals surface area contributed by atoms with Gasteiger partial charge in [0.15, 0.2) is 6.10 Å². The number of hydrogen-bond acceptors (Lipinski definition) is 9. The van der Waals surface area contributed by atoms with Crippen molar-refractivity contribution in [2.24, 2.45) is 0 Å². The van der Waals surface area contributed by atoms with Crippen molar-refractivity contribution >= 4 is 19.8 Å². The Bertz CT molecular complexity index is 1020. The van der Waals surface area contributed by atoms with Crippen LogP contribution in [0, 0.1) is 0 Å². The molecule has 0 radical (unpaired) electrons. The predicted molar refractivity (Wildman–Crippen MR) is 200 cm³/mol. The Morgan fingerprint density at radius 2 is 1.14 bits per heavy atom. The normalized spacial score (nSPS) is 14.7. The molecule has 0 aromatic rings. The number of esters is 2. The average Bonchev–Trinajstić information content (AvgIpc) is 3.10. The van der Waals surface area contributed by atoms with Crippen LogP contribution in [-0.2, 0) is 32.7 Å². The third kappa shape index (κ3) is 34.1. The summed E-state index contributed by atoms with van der Waals surface area (Å²) >= 11 is 0. The van der Waals surface area contributed by atoms with E-state index < -0.39 is 51.8 Å². The molecular formula is C39H67O10P. The van der Waals surface area contributed by atoms with Gasteiger partial charge in [0.2, 0.25) is 0 Å². The molecule has 10 nitrogen and oxygen atoms in total. The lowest BCUT2D eigenvalue weighted by atomic mass is 10.1. The Morgan fingerprint density at radius 3 is 1.74 bits per heavy atom. The first-order valence-corrected chi connectivity index (χ1v) is 20.2. The van der Waals surface area contributed by atoms with E-state index in [2.05, 4.69) is 67.0 Å². The molecule has 0 bridgehead atoms. The van der Waals surface area contributed by atoms with Gasteiger partial charge in [-0.3, -0.25) is 18.6 Å². The number of ether oxygens (including phenoxy) is 2. The standard InChI is InChI=1S/C39H67O10P/c1-3-5-7-9-11-13-15-17-19-20-22-24-26-28-30-38(42)46-34-37(35-48-50(44,45)47-33-36(41)32-40)49-39(43)31-29-27-25-23-21-18-16-14-12-10-8-6-4-2/h5,7,11,13,17-19,21,25,27,36-37,40-41H,3-4,6,8-10,12,14-16,20,22-24,26,28-35H2,1-2H3,(H,44,45)/b7-5+,13-11+,19-17+,21-18+,27-25+/t36-,37?/m0/s1. The van der Waals surface area contributed by atoms with Crippen molar-refractivity contribution in [3.05, 3.63) is 60.8 Å². The molecule has 0 spiro atoms. The summed E-state index contributed by atoms with van der Waals surface area (Å²) in [7, 11) is -4.63. The van der Waals surface area contributed by atoms with Gasteiger partial charge in [-0.25, -0.2) is 4.57 Å². The number of phosphoric acid groups is 1. The molecule has 288 valence electrons. The number of carbonyl (C=O) groups is 2. The third-order valence-electron chi connectivity index (χ3n) is 7.42. The van der Waals surface area contributed by atoms with Crippen molar-refractivity contribution in [1.29, 1.82) is 0 Å². The minimum atomic E-state index is -4.63. The second kappa shape index (κ2) is 35.1. The lowest BCUT2D eigenvalue weighted by molar-refractivity contribution is -0.161. The molecule has 0 rings (SSSR count). The van der Waals surface area contributed by atoms with E-state index in [1.54, 1.807) is 0 Å². The molecule has 0 saturated carbocycles. The van der Waals surface area contributed by atoms with Crippen molar-refractivity contribution < 1.29 is 47.8 Å². The molecule has 0 heterocycles. The highest BCUT2D eigenvalue weighted by molar-refractivity contribution is 7.47. The molecule has 0 aromatic carbocycles. The molecule has 0 aliphatic carbocycles. The zero-order valence-electron chi connectivity index (χ0n) is 30.8. The summed E-state index contributed by atoms with van der Waals surface area (Å²) in [4.78, 5) is 34.7. The van der Waals surface area contributed by atoms with Crippen molar-refractivity contribution in [3.63, 3.8) is 0 Å². The van der Waals surface area contributed by atoms with Gasteiger partial charge in [0.05, 0.1) is 19.8 Å². The van der Waals surface area contributed by atoms with E-state index in [9.17, 15) is 24.2 Å². The largest absolute Gasteiger partial charge is 0.472 e. The maximum Gasteiger partial charge on any atom is 0.472 e. The average molecular weight is 727 g/mol. The Balaban J connectivity index is 4.51. The first-order valence-electron chi connectivity index (χ1n) is 18.7. The maximum absolute atomic E-state index is 12.5. The van der Waals surface area contributed by atoms with Crippen molar-refractivity contribution in [1.82, 2.24) is 0 Å². The Kier molecular flexibility index (Phi) is 33.5. The summed E-state index contributed by atoms with van der Waals surface area (Å²) in [6.07, 6.45) is 36.4. The number of unbranched alkanes of at least 4 members (excludes halogenated alkanes) is 10. The number of carbonyl (C=O) groups excluding carboxylic acids is 2. The van der Waals surface area contributed by atoms with E-state index in [4.69, 9.17) is 19.1 Å². The number of hydrogen-bond donors (Lipinski definition) is 3. The van der Waals surface area contributed by atoms with Crippen LogP contribution in [-0.4, -0.2) is 65.7 Å². The molecule has 0 aromatic heterocycles. The molecule has 0 fully saturated rings. The van der Waals surface area contributed by atoms with Crippen LogP contribution in [0.1, 0.15) is 136 Å². The van der Waals surface area contributed by atoms with Crippen LogP contribution < -0.4 is 0 Å². The van der Waals surface area contributed by atoms with Gasteiger partial charge in [-0.15, -0.1) is 0 Å². The van der Waals surface area contributed by atoms with Gasteiger partial charge in [-0.2, -0.15) is 0 Å². The summed E-state index contributed by atoms with van der Waals surface area (Å²) in [5.41, 5.74) is 0. The zero-order chi connectivity index (χ0) is 37.0. The van der Waals surface area contributed by atoms with Crippen LogP contribution in [0.5, 0.6) is 0 Å². The monoisotopic (exact) mass is 726 g/mol. The van der Waals surface area contributed by atoms with Gasteiger partial charge in [0.1, 0.15) is 12.7 Å². The molecule has 3 N–H and O–H groups in total. The van der Waals surface area contributed by atoms with E-state index in [0.29, 0.717) is 12.8 Å². The van der Waals surface area contributed by atoms with Gasteiger partial charge in [0.25, 0.3) is 0 Å². The zero-order valence-corrected chi connectivity index (χ0v) is 31.7. The number of allylic oxidation sites excluding steroid dienone is 10. The quantitative estimate of drug-likeness (QED) is 0.0254. The van der Waals surface area contributed by atoms with Gasteiger partial charge in [0, 0.05) is 12.8 Å². The Morgan fingerprint density at radius 1 is 0.620 bits per heavy atom. The topological polar surface area (TPSA) is 149 Å². The summed E-state index contributed by atoms with van der Waals surface area (Å²) in [5, 5.41) is 18.3. The Hall–Kier alpha value is -2.33. The van der Waals surface area contributed by atoms with Gasteiger partial charge in [-0.1, -0.05) is 120 Å². The molecule has 11 heteroatoms. The molecule has 0 amide bonds. The second-order valence-corrected chi connectivity index (χ2v) is 13.7. The fraction of sp³-hybridized carbons (Fsp3) is 0.692. The van der Waals surface area contributed by atoms with Crippen LogP contribution >= 0.6 is 7.82 Å². The first kappa shape index (κ1) is 47.7. The van der Waals surface area contributed by atoms with E-state index in [-0.39, 0.29) is 19.4 Å². The number of rotatable bonds is 34. The lowest BCUT2D eigenvalue weighted by Gasteiger charge is -2.20. The highest BCUT2D eigenvalue weighted by Crippen LogP contribution is 2.43. The predicted octanol–water partition coefficient (Wildman–Crippen LogP) is 9.16. The third-order valence-corrected chi connectivity index (χ3v) is 8.37. The summed E-state index contributed by atoms with van der Waals surface area (Å²) in [6.45, 7) is 2.13. The molecular weight excluding hydrogens is 659 g/mol. The maximum atomic E-state index is 12.5. The molecule has 0 saturated heterocycles. The SMILES string of the molecule is CC/C=C/C/C=C/C/C=C/CCCCCCC(=O)OCC(COP(=O)(O)OC[C@@H](O)CO)OC(=O)CC/C=C/C/C=C/CCCCCCCC.